The van der Waals surface area contributed by atoms with Gasteiger partial charge in [0, 0.05) is 37.8 Å². The van der Waals surface area contributed by atoms with Gasteiger partial charge in [0.25, 0.3) is 5.91 Å². The van der Waals surface area contributed by atoms with Crippen LogP contribution in [0.15, 0.2) is 30.6 Å². The summed E-state index contributed by atoms with van der Waals surface area (Å²) in [4.78, 5) is 30.7. The van der Waals surface area contributed by atoms with Crippen LogP contribution in [-0.4, -0.2) is 69.7 Å². The number of rotatable bonds is 7. The van der Waals surface area contributed by atoms with Crippen LogP contribution < -0.4 is 15.4 Å². The number of aliphatic hydroxyl groups excluding tert-OH is 1. The average molecular weight is 475 g/mol. The molecule has 1 unspecified atom stereocenters. The third kappa shape index (κ3) is 4.83. The van der Waals surface area contributed by atoms with Gasteiger partial charge in [0.05, 0.1) is 29.7 Å². The van der Waals surface area contributed by atoms with Gasteiger partial charge in [0.2, 0.25) is 11.8 Å². The summed E-state index contributed by atoms with van der Waals surface area (Å²) < 4.78 is 5.62. The molecule has 3 heterocycles. The zero-order valence-electron chi connectivity index (χ0n) is 20.0. The minimum atomic E-state index is -0.499. The number of anilines is 3. The van der Waals surface area contributed by atoms with Gasteiger partial charge in [-0.25, -0.2) is 15.0 Å². The summed E-state index contributed by atoms with van der Waals surface area (Å²) in [7, 11) is 3.29. The second-order valence-corrected chi connectivity index (χ2v) is 8.73. The molecule has 1 aromatic carbocycles. The highest BCUT2D eigenvalue weighted by atomic mass is 16.5. The molecule has 1 aliphatic rings. The van der Waals surface area contributed by atoms with Crippen LogP contribution in [0.2, 0.25) is 0 Å². The Morgan fingerprint density at radius 2 is 2.14 bits per heavy atom. The highest BCUT2D eigenvalue weighted by Gasteiger charge is 2.36. The van der Waals surface area contributed by atoms with Crippen LogP contribution in [0.25, 0.3) is 11.3 Å². The van der Waals surface area contributed by atoms with E-state index >= 15 is 0 Å². The number of fused-ring (bicyclic) bond motifs is 1. The van der Waals surface area contributed by atoms with E-state index in [0.29, 0.717) is 29.3 Å². The van der Waals surface area contributed by atoms with Crippen LogP contribution in [0, 0.1) is 18.3 Å². The summed E-state index contributed by atoms with van der Waals surface area (Å²) in [6.07, 6.45) is 3.13. The molecule has 2 aromatic heterocycles. The molecule has 3 N–H and O–H groups in total. The number of aromatic nitrogens is 4. The topological polar surface area (TPSA) is 149 Å². The minimum absolute atomic E-state index is 0.0512. The Kier molecular flexibility index (Phi) is 6.48. The first-order chi connectivity index (χ1) is 16.7. The highest BCUT2D eigenvalue weighted by molar-refractivity contribution is 5.78. The van der Waals surface area contributed by atoms with Gasteiger partial charge < -0.3 is 25.4 Å². The molecule has 11 nitrogen and oxygen atoms in total. The quantitative estimate of drug-likeness (QED) is 0.464. The molecule has 35 heavy (non-hydrogen) atoms. The molecule has 1 amide bonds. The smallest absolute Gasteiger partial charge is 0.260 e. The third-order valence-electron chi connectivity index (χ3n) is 5.82. The SMILES string of the molecule is Cc1ncc(Nc2nccc(-c3cc(C#N)c4c(c3)C(C)(CO)CN4)n2)c(OCC(=O)N(C)C)n1. The zero-order valence-corrected chi connectivity index (χ0v) is 20.0. The van der Waals surface area contributed by atoms with Gasteiger partial charge in [-0.2, -0.15) is 10.2 Å². The van der Waals surface area contributed by atoms with E-state index in [1.807, 2.05) is 13.0 Å². The lowest BCUT2D eigenvalue weighted by atomic mass is 9.83. The summed E-state index contributed by atoms with van der Waals surface area (Å²) >= 11 is 0. The predicted octanol–water partition coefficient (Wildman–Crippen LogP) is 2.00. The molecule has 0 fully saturated rings. The van der Waals surface area contributed by atoms with Crippen molar-refractivity contribution in [1.29, 1.82) is 5.26 Å². The van der Waals surface area contributed by atoms with Gasteiger partial charge >= 0.3 is 0 Å². The Bertz CT molecular complexity index is 1320. The fourth-order valence-corrected chi connectivity index (χ4v) is 3.67. The number of nitrogens with one attached hydrogen (secondary N) is 2. The number of carbonyl (C=O) groups is 1. The van der Waals surface area contributed by atoms with Crippen molar-refractivity contribution < 1.29 is 14.6 Å². The zero-order chi connectivity index (χ0) is 25.2. The molecule has 0 radical (unpaired) electrons. The number of benzene rings is 1. The van der Waals surface area contributed by atoms with E-state index in [1.54, 1.807) is 39.3 Å². The molecule has 1 atom stereocenters. The first kappa shape index (κ1) is 23.8. The van der Waals surface area contributed by atoms with E-state index in [1.165, 1.54) is 11.1 Å². The number of nitrogens with zero attached hydrogens (tertiary/aromatic N) is 6. The van der Waals surface area contributed by atoms with Gasteiger partial charge in [-0.1, -0.05) is 6.92 Å². The summed E-state index contributed by atoms with van der Waals surface area (Å²) in [5.41, 5.74) is 3.32. The molecule has 0 saturated heterocycles. The monoisotopic (exact) mass is 474 g/mol. The summed E-state index contributed by atoms with van der Waals surface area (Å²) in [5.74, 6) is 0.747. The number of hydrogen-bond donors (Lipinski definition) is 3. The second kappa shape index (κ2) is 9.52. The lowest BCUT2D eigenvalue weighted by Gasteiger charge is -2.21. The Labute approximate surface area is 202 Å². The van der Waals surface area contributed by atoms with Crippen molar-refractivity contribution in [1.82, 2.24) is 24.8 Å². The van der Waals surface area contributed by atoms with E-state index in [4.69, 9.17) is 4.74 Å². The maximum atomic E-state index is 11.9. The number of carbonyl (C=O) groups excluding carboxylic acids is 1. The number of aryl methyl sites for hydroxylation is 1. The number of amides is 1. The minimum Gasteiger partial charge on any atom is -0.466 e. The molecule has 4 rings (SSSR count). The van der Waals surface area contributed by atoms with Crippen molar-refractivity contribution >= 4 is 23.2 Å². The molecule has 0 aliphatic carbocycles. The molecule has 1 aliphatic heterocycles. The maximum absolute atomic E-state index is 11.9. The number of nitriles is 1. The van der Waals surface area contributed by atoms with Crippen molar-refractivity contribution in [3.63, 3.8) is 0 Å². The van der Waals surface area contributed by atoms with Gasteiger partial charge in [-0.15, -0.1) is 0 Å². The second-order valence-electron chi connectivity index (χ2n) is 8.73. The van der Waals surface area contributed by atoms with Crippen molar-refractivity contribution in [2.24, 2.45) is 0 Å². The van der Waals surface area contributed by atoms with E-state index < -0.39 is 5.41 Å². The van der Waals surface area contributed by atoms with Crippen LogP contribution in [0.4, 0.5) is 17.3 Å². The maximum Gasteiger partial charge on any atom is 0.260 e. The van der Waals surface area contributed by atoms with Crippen molar-refractivity contribution in [3.8, 4) is 23.2 Å². The molecule has 0 saturated carbocycles. The van der Waals surface area contributed by atoms with E-state index in [9.17, 15) is 15.2 Å². The van der Waals surface area contributed by atoms with Gasteiger partial charge in [-0.05, 0) is 30.7 Å². The largest absolute Gasteiger partial charge is 0.466 e. The van der Waals surface area contributed by atoms with Crippen LogP contribution >= 0.6 is 0 Å². The molecule has 180 valence electrons. The van der Waals surface area contributed by atoms with Gasteiger partial charge in [0.1, 0.15) is 17.6 Å². The third-order valence-corrected chi connectivity index (χ3v) is 5.82. The number of ether oxygens (including phenoxy) is 1. The Hall–Kier alpha value is -4.30. The first-order valence-electron chi connectivity index (χ1n) is 10.9. The molecule has 3 aromatic rings. The van der Waals surface area contributed by atoms with E-state index in [0.717, 1.165) is 16.8 Å². The van der Waals surface area contributed by atoms with Crippen LogP contribution in [-0.2, 0) is 10.2 Å². The lowest BCUT2D eigenvalue weighted by Crippen LogP contribution is -2.28. The average Bonchev–Trinajstić information content (AvgIpc) is 3.20. The van der Waals surface area contributed by atoms with Crippen LogP contribution in [0.1, 0.15) is 23.9 Å². The number of aliphatic hydroxyl groups is 1. The van der Waals surface area contributed by atoms with Crippen molar-refractivity contribution in [3.05, 3.63) is 47.5 Å². The summed E-state index contributed by atoms with van der Waals surface area (Å²) in [5, 5.41) is 25.9. The van der Waals surface area contributed by atoms with Crippen LogP contribution in [0.5, 0.6) is 5.88 Å². The van der Waals surface area contributed by atoms with E-state index in [-0.39, 0.29) is 30.9 Å². The van der Waals surface area contributed by atoms with Crippen LogP contribution in [0.3, 0.4) is 0 Å². The van der Waals surface area contributed by atoms with E-state index in [2.05, 4.69) is 36.6 Å². The van der Waals surface area contributed by atoms with Crippen molar-refractivity contribution in [2.45, 2.75) is 19.3 Å². The summed E-state index contributed by atoms with van der Waals surface area (Å²) in [6, 6.07) is 7.67. The van der Waals surface area contributed by atoms with Crippen molar-refractivity contribution in [2.75, 3.05) is 44.5 Å². The Morgan fingerprint density at radius 3 is 2.86 bits per heavy atom. The fourth-order valence-electron chi connectivity index (χ4n) is 3.67. The fraction of sp³-hybridized carbons (Fsp3) is 0.333. The Morgan fingerprint density at radius 1 is 1.34 bits per heavy atom. The number of hydrogen-bond acceptors (Lipinski definition) is 10. The van der Waals surface area contributed by atoms with Gasteiger partial charge in [0.15, 0.2) is 6.61 Å². The predicted molar refractivity (Wildman–Crippen MR) is 129 cm³/mol. The normalized spacial score (nSPS) is 16.1. The molecule has 0 bridgehead atoms. The molecule has 0 spiro atoms. The Balaban J connectivity index is 1.65. The molecular weight excluding hydrogens is 448 g/mol. The summed E-state index contributed by atoms with van der Waals surface area (Å²) in [6.45, 7) is 3.98. The molecule has 11 heteroatoms. The van der Waals surface area contributed by atoms with Gasteiger partial charge in [-0.3, -0.25) is 4.79 Å². The first-order valence-corrected chi connectivity index (χ1v) is 10.9. The standard InChI is InChI=1S/C24H26N8O3/c1-14-27-10-19(22(29-14)35-11-20(34)32(3)4)31-23-26-6-5-18(30-23)15-7-16(9-25)21-17(8-15)24(2,13-33)12-28-21/h5-8,10,28,33H,11-13H2,1-4H3,(H,26,30,31). The molecular formula is C24H26N8O3. The lowest BCUT2D eigenvalue weighted by molar-refractivity contribution is -0.130. The number of likely N-dealkylation sites (N-methyl/N-ethyl adjacent to an activating group) is 1. The highest BCUT2D eigenvalue weighted by Crippen LogP contribution is 2.41.